The first-order valence-electron chi connectivity index (χ1n) is 6.97. The summed E-state index contributed by atoms with van der Waals surface area (Å²) in [7, 11) is 0. The summed E-state index contributed by atoms with van der Waals surface area (Å²) in [6.45, 7) is 0. The van der Waals surface area contributed by atoms with Crippen LogP contribution in [0, 0.1) is 0 Å². The largest absolute Gasteiger partial charge is 0.392 e. The van der Waals surface area contributed by atoms with Crippen LogP contribution in [-0.2, 0) is 6.42 Å². The lowest BCUT2D eigenvalue weighted by Crippen LogP contribution is -2.43. The fourth-order valence-electron chi connectivity index (χ4n) is 3.35. The highest BCUT2D eigenvalue weighted by Gasteiger charge is 2.29. The molecule has 2 N–H and O–H groups in total. The monoisotopic (exact) mass is 309 g/mol. The first kappa shape index (κ1) is 12.6. The normalized spacial score (nSPS) is 31.3. The first-order chi connectivity index (χ1) is 8.75. The summed E-state index contributed by atoms with van der Waals surface area (Å²) in [5, 5.41) is 13.7. The molecular formula is C15H20BrNO. The van der Waals surface area contributed by atoms with Gasteiger partial charge in [0.05, 0.1) is 6.10 Å². The Kier molecular flexibility index (Phi) is 3.73. The molecule has 1 aromatic rings. The number of hydrogen-bond acceptors (Lipinski definition) is 2. The molecule has 98 valence electrons. The SMILES string of the molecule is OC1CCCCC1NC1CCc2c(Br)cccc21. The van der Waals surface area contributed by atoms with Gasteiger partial charge >= 0.3 is 0 Å². The van der Waals surface area contributed by atoms with Gasteiger partial charge in [0.1, 0.15) is 0 Å². The molecule has 1 saturated carbocycles. The van der Waals surface area contributed by atoms with Crippen molar-refractivity contribution in [1.29, 1.82) is 0 Å². The van der Waals surface area contributed by atoms with Gasteiger partial charge in [0, 0.05) is 16.6 Å². The summed E-state index contributed by atoms with van der Waals surface area (Å²) in [5.41, 5.74) is 2.86. The van der Waals surface area contributed by atoms with E-state index in [-0.39, 0.29) is 12.1 Å². The Balaban J connectivity index is 1.74. The molecule has 0 aliphatic heterocycles. The number of nitrogens with one attached hydrogen (secondary N) is 1. The molecule has 3 unspecified atom stereocenters. The highest BCUT2D eigenvalue weighted by Crippen LogP contribution is 2.36. The van der Waals surface area contributed by atoms with Gasteiger partial charge in [-0.3, -0.25) is 0 Å². The summed E-state index contributed by atoms with van der Waals surface area (Å²) in [6.07, 6.45) is 6.61. The smallest absolute Gasteiger partial charge is 0.0693 e. The Morgan fingerprint density at radius 2 is 2.00 bits per heavy atom. The third-order valence-electron chi connectivity index (χ3n) is 4.36. The van der Waals surface area contributed by atoms with Crippen LogP contribution in [0.2, 0.25) is 0 Å². The van der Waals surface area contributed by atoms with E-state index in [0.717, 1.165) is 25.7 Å². The predicted molar refractivity (Wildman–Crippen MR) is 76.6 cm³/mol. The highest BCUT2D eigenvalue weighted by molar-refractivity contribution is 9.10. The molecule has 2 aliphatic rings. The van der Waals surface area contributed by atoms with Gasteiger partial charge in [0.25, 0.3) is 0 Å². The van der Waals surface area contributed by atoms with Crippen LogP contribution in [-0.4, -0.2) is 17.3 Å². The fourth-order valence-corrected chi connectivity index (χ4v) is 3.93. The van der Waals surface area contributed by atoms with Crippen LogP contribution in [0.1, 0.15) is 49.3 Å². The van der Waals surface area contributed by atoms with Gasteiger partial charge in [-0.15, -0.1) is 0 Å². The van der Waals surface area contributed by atoms with Crippen molar-refractivity contribution in [1.82, 2.24) is 5.32 Å². The summed E-state index contributed by atoms with van der Waals surface area (Å²) in [6, 6.07) is 7.17. The predicted octanol–water partition coefficient (Wildman–Crippen LogP) is 3.33. The molecule has 1 fully saturated rings. The maximum atomic E-state index is 10.1. The second-order valence-electron chi connectivity index (χ2n) is 5.52. The number of fused-ring (bicyclic) bond motifs is 1. The van der Waals surface area contributed by atoms with Crippen molar-refractivity contribution in [2.45, 2.75) is 56.7 Å². The van der Waals surface area contributed by atoms with E-state index in [9.17, 15) is 5.11 Å². The zero-order chi connectivity index (χ0) is 12.5. The van der Waals surface area contributed by atoms with Gasteiger partial charge in [-0.2, -0.15) is 0 Å². The minimum absolute atomic E-state index is 0.157. The van der Waals surface area contributed by atoms with Crippen LogP contribution in [0.15, 0.2) is 22.7 Å². The summed E-state index contributed by atoms with van der Waals surface area (Å²) in [4.78, 5) is 0. The lowest BCUT2D eigenvalue weighted by molar-refractivity contribution is 0.0848. The van der Waals surface area contributed by atoms with Gasteiger partial charge in [-0.05, 0) is 42.9 Å². The number of halogens is 1. The highest BCUT2D eigenvalue weighted by atomic mass is 79.9. The molecule has 0 spiro atoms. The zero-order valence-electron chi connectivity index (χ0n) is 10.5. The standard InChI is InChI=1S/C15H20BrNO/c16-12-5-3-4-11-10(12)8-9-13(11)17-14-6-1-2-7-15(14)18/h3-5,13-15,17-18H,1-2,6-9H2. The number of benzene rings is 1. The minimum atomic E-state index is -0.157. The van der Waals surface area contributed by atoms with Gasteiger partial charge < -0.3 is 10.4 Å². The molecule has 18 heavy (non-hydrogen) atoms. The fraction of sp³-hybridized carbons (Fsp3) is 0.600. The number of rotatable bonds is 2. The summed E-state index contributed by atoms with van der Waals surface area (Å²) < 4.78 is 1.23. The van der Waals surface area contributed by atoms with Crippen molar-refractivity contribution in [3.8, 4) is 0 Å². The van der Waals surface area contributed by atoms with Crippen LogP contribution in [0.3, 0.4) is 0 Å². The molecule has 0 saturated heterocycles. The average Bonchev–Trinajstić information content (AvgIpc) is 2.77. The van der Waals surface area contributed by atoms with E-state index in [0.29, 0.717) is 6.04 Å². The van der Waals surface area contributed by atoms with E-state index in [4.69, 9.17) is 0 Å². The van der Waals surface area contributed by atoms with Crippen molar-refractivity contribution in [2.24, 2.45) is 0 Å². The average molecular weight is 310 g/mol. The van der Waals surface area contributed by atoms with E-state index in [2.05, 4.69) is 39.4 Å². The quantitative estimate of drug-likeness (QED) is 0.878. The molecule has 1 aromatic carbocycles. The number of aliphatic hydroxyl groups is 1. The third kappa shape index (κ3) is 2.36. The Hall–Kier alpha value is -0.380. The van der Waals surface area contributed by atoms with Crippen molar-refractivity contribution in [2.75, 3.05) is 0 Å². The van der Waals surface area contributed by atoms with E-state index in [1.165, 1.54) is 28.4 Å². The van der Waals surface area contributed by atoms with Crippen molar-refractivity contribution in [3.63, 3.8) is 0 Å². The van der Waals surface area contributed by atoms with Gasteiger partial charge in [0.15, 0.2) is 0 Å². The third-order valence-corrected chi connectivity index (χ3v) is 5.10. The van der Waals surface area contributed by atoms with Gasteiger partial charge in [-0.1, -0.05) is 40.9 Å². The lowest BCUT2D eigenvalue weighted by Gasteiger charge is -2.31. The van der Waals surface area contributed by atoms with Crippen molar-refractivity contribution in [3.05, 3.63) is 33.8 Å². The van der Waals surface area contributed by atoms with Crippen molar-refractivity contribution < 1.29 is 5.11 Å². The summed E-state index contributed by atoms with van der Waals surface area (Å²) in [5.74, 6) is 0. The maximum Gasteiger partial charge on any atom is 0.0693 e. The molecule has 3 atom stereocenters. The van der Waals surface area contributed by atoms with Gasteiger partial charge in [-0.25, -0.2) is 0 Å². The van der Waals surface area contributed by atoms with E-state index < -0.39 is 0 Å². The van der Waals surface area contributed by atoms with Crippen LogP contribution in [0.5, 0.6) is 0 Å². The minimum Gasteiger partial charge on any atom is -0.392 e. The van der Waals surface area contributed by atoms with Crippen LogP contribution in [0.25, 0.3) is 0 Å². The molecule has 0 amide bonds. The lowest BCUT2D eigenvalue weighted by atomic mass is 9.91. The topological polar surface area (TPSA) is 32.3 Å². The second-order valence-corrected chi connectivity index (χ2v) is 6.38. The first-order valence-corrected chi connectivity index (χ1v) is 7.76. The second kappa shape index (κ2) is 5.32. The van der Waals surface area contributed by atoms with Gasteiger partial charge in [0.2, 0.25) is 0 Å². The molecule has 0 heterocycles. The van der Waals surface area contributed by atoms with E-state index in [1.54, 1.807) is 0 Å². The Bertz CT molecular complexity index is 435. The maximum absolute atomic E-state index is 10.1. The van der Waals surface area contributed by atoms with Crippen LogP contribution >= 0.6 is 15.9 Å². The van der Waals surface area contributed by atoms with E-state index in [1.807, 2.05) is 0 Å². The zero-order valence-corrected chi connectivity index (χ0v) is 12.1. The van der Waals surface area contributed by atoms with E-state index >= 15 is 0 Å². The number of hydrogen-bond donors (Lipinski definition) is 2. The molecule has 2 nitrogen and oxygen atoms in total. The molecule has 0 aromatic heterocycles. The molecule has 2 aliphatic carbocycles. The number of aliphatic hydroxyl groups excluding tert-OH is 1. The molecule has 0 bridgehead atoms. The Morgan fingerprint density at radius 1 is 1.17 bits per heavy atom. The Labute approximate surface area is 117 Å². The molecular weight excluding hydrogens is 290 g/mol. The molecule has 3 rings (SSSR count). The summed E-state index contributed by atoms with van der Waals surface area (Å²) >= 11 is 3.63. The van der Waals surface area contributed by atoms with Crippen LogP contribution in [0.4, 0.5) is 0 Å². The Morgan fingerprint density at radius 3 is 2.83 bits per heavy atom. The van der Waals surface area contributed by atoms with Crippen LogP contribution < -0.4 is 5.32 Å². The molecule has 0 radical (unpaired) electrons. The molecule has 3 heteroatoms. The van der Waals surface area contributed by atoms with Crippen molar-refractivity contribution >= 4 is 15.9 Å².